The van der Waals surface area contributed by atoms with E-state index in [2.05, 4.69) is 48.0 Å². The third kappa shape index (κ3) is 3.84. The normalized spacial score (nSPS) is 13.8. The van der Waals surface area contributed by atoms with Crippen molar-refractivity contribution in [3.8, 4) is 5.75 Å². The highest BCUT2D eigenvalue weighted by molar-refractivity contribution is 9.10. The second kappa shape index (κ2) is 6.91. The van der Waals surface area contributed by atoms with E-state index in [9.17, 15) is 0 Å². The Morgan fingerprint density at radius 1 is 1.15 bits per heavy atom. The molecule has 0 bridgehead atoms. The van der Waals surface area contributed by atoms with Crippen LogP contribution in [0.1, 0.15) is 30.6 Å². The van der Waals surface area contributed by atoms with Crippen LogP contribution in [0.4, 0.5) is 0 Å². The number of hydrogen-bond acceptors (Lipinski definition) is 2. The van der Waals surface area contributed by atoms with Gasteiger partial charge in [-0.1, -0.05) is 58.7 Å². The van der Waals surface area contributed by atoms with Crippen LogP contribution in [0.25, 0.3) is 0 Å². The van der Waals surface area contributed by atoms with Crippen LogP contribution in [0, 0.1) is 6.92 Å². The number of benzene rings is 2. The molecule has 2 N–H and O–H groups in total. The molecule has 2 atom stereocenters. The van der Waals surface area contributed by atoms with Crippen molar-refractivity contribution >= 4 is 15.9 Å². The van der Waals surface area contributed by atoms with Crippen LogP contribution < -0.4 is 10.5 Å². The van der Waals surface area contributed by atoms with Gasteiger partial charge < -0.3 is 10.5 Å². The molecule has 0 heterocycles. The Bertz CT molecular complexity index is 570. The van der Waals surface area contributed by atoms with Gasteiger partial charge in [0.2, 0.25) is 0 Å². The molecule has 106 valence electrons. The van der Waals surface area contributed by atoms with E-state index in [0.29, 0.717) is 0 Å². The zero-order chi connectivity index (χ0) is 14.5. The summed E-state index contributed by atoms with van der Waals surface area (Å²) < 4.78 is 7.14. The highest BCUT2D eigenvalue weighted by Crippen LogP contribution is 2.27. The van der Waals surface area contributed by atoms with E-state index in [0.717, 1.165) is 22.2 Å². The quantitative estimate of drug-likeness (QED) is 0.866. The lowest BCUT2D eigenvalue weighted by Crippen LogP contribution is -2.31. The first-order chi connectivity index (χ1) is 9.60. The average Bonchev–Trinajstić information content (AvgIpc) is 2.44. The van der Waals surface area contributed by atoms with Crippen LogP contribution in [0.2, 0.25) is 0 Å². The minimum absolute atomic E-state index is 0.0317. The fourth-order valence-corrected chi connectivity index (χ4v) is 2.53. The molecule has 0 aliphatic rings. The summed E-state index contributed by atoms with van der Waals surface area (Å²) >= 11 is 3.46. The molecule has 0 saturated carbocycles. The third-order valence-corrected chi connectivity index (χ3v) is 3.78. The molecular weight excluding hydrogens is 314 g/mol. The summed E-state index contributed by atoms with van der Waals surface area (Å²) in [5.41, 5.74) is 8.59. The molecule has 2 aromatic carbocycles. The first kappa shape index (κ1) is 15.1. The maximum Gasteiger partial charge on any atom is 0.139 e. The minimum atomic E-state index is -0.130. The zero-order valence-corrected chi connectivity index (χ0v) is 13.4. The predicted octanol–water partition coefficient (Wildman–Crippen LogP) is 4.61. The number of aryl methyl sites for hydroxylation is 1. The second-order valence-electron chi connectivity index (χ2n) is 4.98. The molecule has 20 heavy (non-hydrogen) atoms. The molecule has 0 aromatic heterocycles. The summed E-state index contributed by atoms with van der Waals surface area (Å²) in [5.74, 6) is 0.829. The molecule has 0 aliphatic heterocycles. The van der Waals surface area contributed by atoms with Gasteiger partial charge in [0, 0.05) is 10.5 Å². The highest BCUT2D eigenvalue weighted by Gasteiger charge is 2.20. The molecule has 2 rings (SSSR count). The summed E-state index contributed by atoms with van der Waals surface area (Å²) in [5, 5.41) is 0. The van der Waals surface area contributed by atoms with Gasteiger partial charge in [-0.05, 0) is 37.1 Å². The van der Waals surface area contributed by atoms with E-state index < -0.39 is 0 Å². The van der Waals surface area contributed by atoms with E-state index in [1.165, 1.54) is 5.56 Å². The van der Waals surface area contributed by atoms with Gasteiger partial charge in [-0.2, -0.15) is 0 Å². The number of halogens is 1. The van der Waals surface area contributed by atoms with Crippen LogP contribution in [-0.4, -0.2) is 6.04 Å². The largest absolute Gasteiger partial charge is 0.484 e. The molecule has 3 heteroatoms. The van der Waals surface area contributed by atoms with Crippen molar-refractivity contribution in [1.29, 1.82) is 0 Å². The van der Waals surface area contributed by atoms with Crippen LogP contribution in [0.5, 0.6) is 5.75 Å². The van der Waals surface area contributed by atoms with Crippen LogP contribution in [0.3, 0.4) is 0 Å². The standard InChI is InChI=1S/C17H20BrNO/c1-3-16(19)17(13-7-4-6-12(2)10-13)20-15-9-5-8-14(18)11-15/h4-11,16-17H,3,19H2,1-2H3. The van der Waals surface area contributed by atoms with E-state index in [4.69, 9.17) is 10.5 Å². The van der Waals surface area contributed by atoms with Gasteiger partial charge in [0.25, 0.3) is 0 Å². The molecule has 0 radical (unpaired) electrons. The zero-order valence-electron chi connectivity index (χ0n) is 11.8. The van der Waals surface area contributed by atoms with Gasteiger partial charge in [-0.25, -0.2) is 0 Å². The van der Waals surface area contributed by atoms with Crippen molar-refractivity contribution in [1.82, 2.24) is 0 Å². The van der Waals surface area contributed by atoms with E-state index in [1.54, 1.807) is 0 Å². The fourth-order valence-electron chi connectivity index (χ4n) is 2.15. The van der Waals surface area contributed by atoms with Crippen LogP contribution >= 0.6 is 15.9 Å². The van der Waals surface area contributed by atoms with Crippen molar-refractivity contribution < 1.29 is 4.74 Å². The Balaban J connectivity index is 2.29. The first-order valence-electron chi connectivity index (χ1n) is 6.84. The molecule has 0 aliphatic carbocycles. The molecular formula is C17H20BrNO. The molecule has 0 spiro atoms. The Kier molecular flexibility index (Phi) is 5.21. The van der Waals surface area contributed by atoms with Crippen molar-refractivity contribution in [2.45, 2.75) is 32.4 Å². The molecule has 0 fully saturated rings. The lowest BCUT2D eigenvalue weighted by molar-refractivity contribution is 0.171. The number of rotatable bonds is 5. The Hall–Kier alpha value is -1.32. The summed E-state index contributed by atoms with van der Waals surface area (Å²) in [7, 11) is 0. The van der Waals surface area contributed by atoms with Crippen molar-refractivity contribution in [3.05, 3.63) is 64.1 Å². The SMILES string of the molecule is CCC(N)C(Oc1cccc(Br)c1)c1cccc(C)c1. The van der Waals surface area contributed by atoms with Crippen LogP contribution in [0.15, 0.2) is 53.0 Å². The van der Waals surface area contributed by atoms with Gasteiger partial charge in [0.05, 0.1) is 0 Å². The Morgan fingerprint density at radius 2 is 1.90 bits per heavy atom. The van der Waals surface area contributed by atoms with Crippen molar-refractivity contribution in [3.63, 3.8) is 0 Å². The van der Waals surface area contributed by atoms with Gasteiger partial charge in [-0.15, -0.1) is 0 Å². The van der Waals surface area contributed by atoms with Crippen LogP contribution in [-0.2, 0) is 0 Å². The highest BCUT2D eigenvalue weighted by atomic mass is 79.9. The minimum Gasteiger partial charge on any atom is -0.484 e. The van der Waals surface area contributed by atoms with Gasteiger partial charge in [0.15, 0.2) is 0 Å². The third-order valence-electron chi connectivity index (χ3n) is 3.29. The Morgan fingerprint density at radius 3 is 2.55 bits per heavy atom. The molecule has 2 aromatic rings. The average molecular weight is 334 g/mol. The summed E-state index contributed by atoms with van der Waals surface area (Å²) in [6.45, 7) is 4.16. The summed E-state index contributed by atoms with van der Waals surface area (Å²) in [6, 6.07) is 16.2. The van der Waals surface area contributed by atoms with Gasteiger partial charge in [-0.3, -0.25) is 0 Å². The summed E-state index contributed by atoms with van der Waals surface area (Å²) in [4.78, 5) is 0. The first-order valence-corrected chi connectivity index (χ1v) is 7.64. The topological polar surface area (TPSA) is 35.2 Å². The maximum absolute atomic E-state index is 6.25. The molecule has 0 saturated heterocycles. The fraction of sp³-hybridized carbons (Fsp3) is 0.294. The lowest BCUT2D eigenvalue weighted by atomic mass is 9.99. The molecule has 0 amide bonds. The number of nitrogens with two attached hydrogens (primary N) is 1. The number of hydrogen-bond donors (Lipinski definition) is 1. The van der Waals surface area contributed by atoms with Crippen molar-refractivity contribution in [2.24, 2.45) is 5.73 Å². The monoisotopic (exact) mass is 333 g/mol. The van der Waals surface area contributed by atoms with Gasteiger partial charge in [0.1, 0.15) is 11.9 Å². The van der Waals surface area contributed by atoms with E-state index >= 15 is 0 Å². The maximum atomic E-state index is 6.25. The number of ether oxygens (including phenoxy) is 1. The van der Waals surface area contributed by atoms with Gasteiger partial charge >= 0.3 is 0 Å². The smallest absolute Gasteiger partial charge is 0.139 e. The lowest BCUT2D eigenvalue weighted by Gasteiger charge is -2.25. The van der Waals surface area contributed by atoms with E-state index in [1.807, 2.05) is 30.3 Å². The Labute approximate surface area is 129 Å². The molecule has 2 nitrogen and oxygen atoms in total. The predicted molar refractivity (Wildman–Crippen MR) is 87.0 cm³/mol. The summed E-state index contributed by atoms with van der Waals surface area (Å²) in [6.07, 6.45) is 0.737. The molecule has 2 unspecified atom stereocenters. The van der Waals surface area contributed by atoms with E-state index in [-0.39, 0.29) is 12.1 Å². The second-order valence-corrected chi connectivity index (χ2v) is 5.90. The van der Waals surface area contributed by atoms with Crippen molar-refractivity contribution in [2.75, 3.05) is 0 Å².